The summed E-state index contributed by atoms with van der Waals surface area (Å²) in [5.74, 6) is 0.468. The van der Waals surface area contributed by atoms with Crippen LogP contribution in [0.25, 0.3) is 0 Å². The maximum Gasteiger partial charge on any atom is 0.129 e. The molecule has 100 valence electrons. The summed E-state index contributed by atoms with van der Waals surface area (Å²) in [6.45, 7) is 8.17. The fourth-order valence-electron chi connectivity index (χ4n) is 2.85. The summed E-state index contributed by atoms with van der Waals surface area (Å²) in [6.07, 6.45) is 3.14. The van der Waals surface area contributed by atoms with Gasteiger partial charge in [-0.05, 0) is 45.2 Å². The first kappa shape index (κ1) is 13.3. The van der Waals surface area contributed by atoms with Crippen molar-refractivity contribution in [3.63, 3.8) is 0 Å². The van der Waals surface area contributed by atoms with Gasteiger partial charge in [0, 0.05) is 30.9 Å². The third-order valence-electron chi connectivity index (χ3n) is 4.01. The molecular weight excluding hydrogens is 226 g/mol. The number of anilines is 1. The highest BCUT2D eigenvalue weighted by molar-refractivity contribution is 5.48. The van der Waals surface area contributed by atoms with Gasteiger partial charge in [0.1, 0.15) is 5.82 Å². The predicted octanol–water partition coefficient (Wildman–Crippen LogP) is 1.66. The molecule has 4 nitrogen and oxygen atoms in total. The van der Waals surface area contributed by atoms with E-state index in [2.05, 4.69) is 23.7 Å². The predicted molar refractivity (Wildman–Crippen MR) is 73.2 cm³/mol. The van der Waals surface area contributed by atoms with E-state index < -0.39 is 5.60 Å². The molecule has 0 aromatic carbocycles. The third-order valence-corrected chi connectivity index (χ3v) is 4.01. The van der Waals surface area contributed by atoms with Gasteiger partial charge in [-0.15, -0.1) is 0 Å². The molecule has 0 amide bonds. The van der Waals surface area contributed by atoms with Crippen LogP contribution < -0.4 is 5.73 Å². The Kier molecular flexibility index (Phi) is 3.59. The monoisotopic (exact) mass is 249 g/mol. The number of likely N-dealkylation sites (tertiary alicyclic amines) is 1. The van der Waals surface area contributed by atoms with Crippen molar-refractivity contribution in [1.29, 1.82) is 0 Å². The molecule has 0 unspecified atom stereocenters. The van der Waals surface area contributed by atoms with Crippen molar-refractivity contribution in [2.75, 3.05) is 18.8 Å². The Morgan fingerprint density at radius 1 is 1.39 bits per heavy atom. The molecule has 2 heterocycles. The molecule has 0 aliphatic carbocycles. The zero-order valence-electron chi connectivity index (χ0n) is 11.5. The van der Waals surface area contributed by atoms with Crippen LogP contribution in [0.2, 0.25) is 0 Å². The summed E-state index contributed by atoms with van der Waals surface area (Å²) >= 11 is 0. The molecule has 1 aromatic rings. The van der Waals surface area contributed by atoms with Crippen molar-refractivity contribution in [2.24, 2.45) is 0 Å². The van der Waals surface area contributed by atoms with Crippen molar-refractivity contribution >= 4 is 5.82 Å². The second-order valence-corrected chi connectivity index (χ2v) is 5.55. The van der Waals surface area contributed by atoms with Gasteiger partial charge in [-0.3, -0.25) is 0 Å². The highest BCUT2D eigenvalue weighted by atomic mass is 16.3. The van der Waals surface area contributed by atoms with Crippen molar-refractivity contribution in [1.82, 2.24) is 9.88 Å². The van der Waals surface area contributed by atoms with Gasteiger partial charge in [-0.25, -0.2) is 4.98 Å². The van der Waals surface area contributed by atoms with Crippen molar-refractivity contribution in [3.05, 3.63) is 23.4 Å². The van der Waals surface area contributed by atoms with Crippen molar-refractivity contribution in [2.45, 2.75) is 45.3 Å². The molecule has 0 radical (unpaired) electrons. The Bertz CT molecular complexity index is 403. The number of aromatic nitrogens is 1. The molecule has 0 saturated carbocycles. The number of pyridine rings is 1. The van der Waals surface area contributed by atoms with E-state index >= 15 is 0 Å². The molecule has 2 rings (SSSR count). The van der Waals surface area contributed by atoms with E-state index in [1.807, 2.05) is 13.0 Å². The van der Waals surface area contributed by atoms with Gasteiger partial charge in [0.05, 0.1) is 5.60 Å². The minimum absolute atomic E-state index is 0.468. The largest absolute Gasteiger partial charge is 0.385 e. The number of rotatable bonds is 2. The Labute approximate surface area is 109 Å². The highest BCUT2D eigenvalue weighted by Gasteiger charge is 2.37. The van der Waals surface area contributed by atoms with Crippen LogP contribution in [0, 0.1) is 6.92 Å². The van der Waals surface area contributed by atoms with Gasteiger partial charge in [0.15, 0.2) is 0 Å². The lowest BCUT2D eigenvalue weighted by atomic mass is 9.82. The average Bonchev–Trinajstić information content (AvgIpc) is 2.29. The summed E-state index contributed by atoms with van der Waals surface area (Å²) in [7, 11) is 0. The van der Waals surface area contributed by atoms with E-state index in [1.165, 1.54) is 0 Å². The Hall–Kier alpha value is -1.13. The highest BCUT2D eigenvalue weighted by Crippen LogP contribution is 2.37. The number of nitrogens with two attached hydrogens (primary N) is 1. The molecule has 1 aliphatic heterocycles. The molecule has 0 spiro atoms. The molecule has 1 aromatic heterocycles. The summed E-state index contributed by atoms with van der Waals surface area (Å²) in [6, 6.07) is 2.44. The molecule has 1 saturated heterocycles. The topological polar surface area (TPSA) is 62.4 Å². The molecule has 0 atom stereocenters. The summed E-state index contributed by atoms with van der Waals surface area (Å²) in [4.78, 5) is 6.50. The lowest BCUT2D eigenvalue weighted by molar-refractivity contribution is -0.0324. The number of nitrogen functional groups attached to an aromatic ring is 1. The van der Waals surface area contributed by atoms with Crippen LogP contribution in [0.3, 0.4) is 0 Å². The first-order valence-electron chi connectivity index (χ1n) is 6.62. The Morgan fingerprint density at radius 3 is 2.50 bits per heavy atom. The van der Waals surface area contributed by atoms with Gasteiger partial charge in [-0.1, -0.05) is 0 Å². The fourth-order valence-corrected chi connectivity index (χ4v) is 2.85. The number of nitrogens with zero attached hydrogens (tertiary/aromatic N) is 2. The van der Waals surface area contributed by atoms with E-state index in [0.717, 1.165) is 37.1 Å². The Balaban J connectivity index is 2.24. The van der Waals surface area contributed by atoms with Crippen LogP contribution in [0.4, 0.5) is 5.82 Å². The maximum atomic E-state index is 10.9. The summed E-state index contributed by atoms with van der Waals surface area (Å²) in [5.41, 5.74) is 6.99. The van der Waals surface area contributed by atoms with Gasteiger partial charge in [0.2, 0.25) is 0 Å². The second-order valence-electron chi connectivity index (χ2n) is 5.55. The molecule has 1 fully saturated rings. The van der Waals surface area contributed by atoms with Crippen molar-refractivity contribution in [3.8, 4) is 0 Å². The lowest BCUT2D eigenvalue weighted by Gasteiger charge is -2.41. The molecule has 3 N–H and O–H groups in total. The molecular formula is C14H23N3O. The van der Waals surface area contributed by atoms with Crippen LogP contribution >= 0.6 is 0 Å². The van der Waals surface area contributed by atoms with E-state index in [-0.39, 0.29) is 0 Å². The zero-order valence-corrected chi connectivity index (χ0v) is 11.5. The number of hydrogen-bond donors (Lipinski definition) is 2. The number of aryl methyl sites for hydroxylation is 1. The first-order valence-corrected chi connectivity index (χ1v) is 6.62. The second kappa shape index (κ2) is 4.86. The zero-order chi connectivity index (χ0) is 13.3. The number of piperidine rings is 1. The quantitative estimate of drug-likeness (QED) is 0.837. The minimum atomic E-state index is -0.812. The van der Waals surface area contributed by atoms with Crippen LogP contribution in [-0.2, 0) is 5.60 Å². The van der Waals surface area contributed by atoms with Crippen LogP contribution in [-0.4, -0.2) is 34.1 Å². The van der Waals surface area contributed by atoms with Crippen LogP contribution in [0.5, 0.6) is 0 Å². The van der Waals surface area contributed by atoms with Crippen LogP contribution in [0.15, 0.2) is 12.3 Å². The lowest BCUT2D eigenvalue weighted by Crippen LogP contribution is -2.45. The summed E-state index contributed by atoms with van der Waals surface area (Å²) < 4.78 is 0. The summed E-state index contributed by atoms with van der Waals surface area (Å²) in [5, 5.41) is 10.9. The van der Waals surface area contributed by atoms with E-state index in [1.54, 1.807) is 6.20 Å². The van der Waals surface area contributed by atoms with Crippen molar-refractivity contribution < 1.29 is 5.11 Å². The Morgan fingerprint density at radius 2 is 2.00 bits per heavy atom. The van der Waals surface area contributed by atoms with Crippen LogP contribution in [0.1, 0.15) is 37.8 Å². The minimum Gasteiger partial charge on any atom is -0.385 e. The van der Waals surface area contributed by atoms with E-state index in [9.17, 15) is 5.11 Å². The van der Waals surface area contributed by atoms with Gasteiger partial charge in [-0.2, -0.15) is 0 Å². The molecule has 1 aliphatic rings. The average molecular weight is 249 g/mol. The number of aliphatic hydroxyl groups is 1. The maximum absolute atomic E-state index is 10.9. The smallest absolute Gasteiger partial charge is 0.129 e. The SMILES string of the molecule is Cc1ccnc(N)c1C1(O)CCN(C(C)C)CC1. The molecule has 18 heavy (non-hydrogen) atoms. The molecule has 0 bridgehead atoms. The first-order chi connectivity index (χ1) is 8.44. The fraction of sp³-hybridized carbons (Fsp3) is 0.643. The van der Waals surface area contributed by atoms with E-state index in [0.29, 0.717) is 11.9 Å². The van der Waals surface area contributed by atoms with Gasteiger partial charge in [0.25, 0.3) is 0 Å². The third kappa shape index (κ3) is 2.35. The molecule has 4 heteroatoms. The van der Waals surface area contributed by atoms with E-state index in [4.69, 9.17) is 5.73 Å². The van der Waals surface area contributed by atoms with Gasteiger partial charge >= 0.3 is 0 Å². The number of hydrogen-bond acceptors (Lipinski definition) is 4. The standard InChI is InChI=1S/C14H23N3O/c1-10(2)17-8-5-14(18,6-9-17)12-11(3)4-7-16-13(12)15/h4,7,10,18H,5-6,8-9H2,1-3H3,(H2,15,16). The van der Waals surface area contributed by atoms with Gasteiger partial charge < -0.3 is 15.7 Å². The normalized spacial score (nSPS) is 20.3.